The van der Waals surface area contributed by atoms with E-state index >= 15 is 8.78 Å². The average Bonchev–Trinajstić information content (AvgIpc) is 3.32. The molecular formula is C20H12F7N7O2. The maximum Gasteiger partial charge on any atom is 0.419 e. The Morgan fingerprint density at radius 2 is 1.64 bits per heavy atom. The summed E-state index contributed by atoms with van der Waals surface area (Å²) < 4.78 is 103. The number of benzene rings is 1. The Morgan fingerprint density at radius 1 is 0.917 bits per heavy atom. The first kappa shape index (κ1) is 24.9. The third kappa shape index (κ3) is 4.79. The summed E-state index contributed by atoms with van der Waals surface area (Å²) in [7, 11) is 0. The number of hydrogen-bond acceptors (Lipinski definition) is 8. The molecule has 0 bridgehead atoms. The van der Waals surface area contributed by atoms with Crippen molar-refractivity contribution in [3.05, 3.63) is 83.7 Å². The van der Waals surface area contributed by atoms with E-state index in [0.717, 1.165) is 29.3 Å². The smallest absolute Gasteiger partial charge is 0.419 e. The van der Waals surface area contributed by atoms with Crippen molar-refractivity contribution in [2.24, 2.45) is 0 Å². The standard InChI is InChI=1S/C20H12F7N7O2/c21-12-1-3-14(15(22)5-12)18(35,9-34-10-31-32-33-34)19(23,24)16-4-2-13(8-28-16)36-17-29-6-11(7-30-17)20(25,26)27/h1-8,10,35H,9H2. The second kappa shape index (κ2) is 9.10. The Kier molecular flexibility index (Phi) is 6.30. The van der Waals surface area contributed by atoms with Gasteiger partial charge in [0.2, 0.25) is 0 Å². The topological polar surface area (TPSA) is 112 Å². The van der Waals surface area contributed by atoms with Gasteiger partial charge in [-0.2, -0.15) is 22.0 Å². The lowest BCUT2D eigenvalue weighted by atomic mass is 9.84. The number of tetrazole rings is 1. The van der Waals surface area contributed by atoms with E-state index < -0.39 is 58.7 Å². The Morgan fingerprint density at radius 3 is 2.19 bits per heavy atom. The predicted octanol–water partition coefficient (Wildman–Crippen LogP) is 3.63. The van der Waals surface area contributed by atoms with Crippen LogP contribution < -0.4 is 4.74 Å². The minimum Gasteiger partial charge on any atom is -0.423 e. The molecule has 0 amide bonds. The van der Waals surface area contributed by atoms with Crippen LogP contribution in [0.4, 0.5) is 30.7 Å². The van der Waals surface area contributed by atoms with Gasteiger partial charge in [-0.3, -0.25) is 4.98 Å². The molecule has 4 aromatic rings. The Bertz CT molecular complexity index is 1330. The highest BCUT2D eigenvalue weighted by Crippen LogP contribution is 2.46. The van der Waals surface area contributed by atoms with Crippen molar-refractivity contribution < 1.29 is 40.6 Å². The van der Waals surface area contributed by atoms with Crippen LogP contribution in [0.15, 0.2) is 55.2 Å². The van der Waals surface area contributed by atoms with Crippen LogP contribution in [0.25, 0.3) is 0 Å². The van der Waals surface area contributed by atoms with Crippen LogP contribution in [0.3, 0.4) is 0 Å². The van der Waals surface area contributed by atoms with Crippen LogP contribution in [0, 0.1) is 11.6 Å². The maximum absolute atomic E-state index is 15.7. The highest BCUT2D eigenvalue weighted by Gasteiger charge is 2.58. The summed E-state index contributed by atoms with van der Waals surface area (Å²) in [6.07, 6.45) is -2.07. The van der Waals surface area contributed by atoms with Gasteiger partial charge in [-0.25, -0.2) is 23.4 Å². The molecule has 36 heavy (non-hydrogen) atoms. The third-order valence-electron chi connectivity index (χ3n) is 4.90. The van der Waals surface area contributed by atoms with Crippen molar-refractivity contribution >= 4 is 0 Å². The number of aromatic nitrogens is 7. The maximum atomic E-state index is 15.7. The summed E-state index contributed by atoms with van der Waals surface area (Å²) in [6, 6.07) is 2.83. The van der Waals surface area contributed by atoms with Crippen molar-refractivity contribution in [1.82, 2.24) is 35.2 Å². The first-order valence-corrected chi connectivity index (χ1v) is 9.70. The summed E-state index contributed by atoms with van der Waals surface area (Å²) >= 11 is 0. The van der Waals surface area contributed by atoms with E-state index in [1.165, 1.54) is 0 Å². The fraction of sp³-hybridized carbons (Fsp3) is 0.200. The van der Waals surface area contributed by atoms with Gasteiger partial charge in [0.25, 0.3) is 0 Å². The van der Waals surface area contributed by atoms with Gasteiger partial charge in [-0.1, -0.05) is 0 Å². The highest BCUT2D eigenvalue weighted by atomic mass is 19.4. The molecule has 1 unspecified atom stereocenters. The molecule has 0 radical (unpaired) electrons. The molecule has 3 heterocycles. The van der Waals surface area contributed by atoms with E-state index in [0.29, 0.717) is 30.6 Å². The monoisotopic (exact) mass is 515 g/mol. The largest absolute Gasteiger partial charge is 0.423 e. The first-order chi connectivity index (χ1) is 16.9. The molecule has 0 fully saturated rings. The molecule has 1 aromatic carbocycles. The Hall–Kier alpha value is -4.21. The van der Waals surface area contributed by atoms with E-state index in [1.54, 1.807) is 0 Å². The summed E-state index contributed by atoms with van der Waals surface area (Å²) in [5.74, 6) is -7.05. The molecule has 188 valence electrons. The summed E-state index contributed by atoms with van der Waals surface area (Å²) in [6.45, 7) is -1.05. The van der Waals surface area contributed by atoms with Gasteiger partial charge in [-0.15, -0.1) is 5.10 Å². The van der Waals surface area contributed by atoms with Crippen LogP contribution in [0.5, 0.6) is 11.8 Å². The lowest BCUT2D eigenvalue weighted by Crippen LogP contribution is -2.48. The zero-order valence-corrected chi connectivity index (χ0v) is 17.5. The molecule has 0 aliphatic heterocycles. The van der Waals surface area contributed by atoms with E-state index in [1.807, 2.05) is 0 Å². The molecule has 1 atom stereocenters. The third-order valence-corrected chi connectivity index (χ3v) is 4.90. The number of pyridine rings is 1. The number of hydrogen-bond donors (Lipinski definition) is 1. The highest BCUT2D eigenvalue weighted by molar-refractivity contribution is 5.33. The minimum atomic E-state index is -4.67. The number of nitrogens with zero attached hydrogens (tertiary/aromatic N) is 7. The molecule has 0 aliphatic carbocycles. The fourth-order valence-corrected chi connectivity index (χ4v) is 3.12. The second-order valence-corrected chi connectivity index (χ2v) is 7.30. The van der Waals surface area contributed by atoms with E-state index in [9.17, 15) is 27.1 Å². The van der Waals surface area contributed by atoms with Crippen LogP contribution >= 0.6 is 0 Å². The van der Waals surface area contributed by atoms with Crippen molar-refractivity contribution in [1.29, 1.82) is 0 Å². The number of ether oxygens (including phenoxy) is 1. The summed E-state index contributed by atoms with van der Waals surface area (Å²) in [4.78, 5) is 10.3. The van der Waals surface area contributed by atoms with E-state index in [4.69, 9.17) is 4.74 Å². The molecule has 4 rings (SSSR count). The van der Waals surface area contributed by atoms with Crippen molar-refractivity contribution in [3.63, 3.8) is 0 Å². The van der Waals surface area contributed by atoms with Crippen LogP contribution in [0.2, 0.25) is 0 Å². The zero-order valence-electron chi connectivity index (χ0n) is 17.5. The van der Waals surface area contributed by atoms with E-state index in [2.05, 4.69) is 30.5 Å². The van der Waals surface area contributed by atoms with Gasteiger partial charge in [0.05, 0.1) is 18.3 Å². The van der Waals surface area contributed by atoms with Gasteiger partial charge in [0, 0.05) is 24.0 Å². The van der Waals surface area contributed by atoms with Crippen LogP contribution in [0.1, 0.15) is 16.8 Å². The zero-order chi connectivity index (χ0) is 26.1. The van der Waals surface area contributed by atoms with Crippen molar-refractivity contribution in [2.45, 2.75) is 24.2 Å². The molecule has 0 aliphatic rings. The molecular weight excluding hydrogens is 503 g/mol. The Labute approximate surface area is 196 Å². The van der Waals surface area contributed by atoms with Crippen LogP contribution in [-0.2, 0) is 24.2 Å². The summed E-state index contributed by atoms with van der Waals surface area (Å²) in [5, 5.41) is 21.1. The second-order valence-electron chi connectivity index (χ2n) is 7.30. The number of aliphatic hydroxyl groups is 1. The lowest BCUT2D eigenvalue weighted by molar-refractivity contribution is -0.207. The molecule has 1 N–H and O–H groups in total. The fourth-order valence-electron chi connectivity index (χ4n) is 3.12. The molecule has 0 saturated carbocycles. The quantitative estimate of drug-likeness (QED) is 0.372. The van der Waals surface area contributed by atoms with Crippen LogP contribution in [-0.4, -0.2) is 40.3 Å². The molecule has 0 saturated heterocycles. The average molecular weight is 515 g/mol. The molecule has 3 aromatic heterocycles. The van der Waals surface area contributed by atoms with Gasteiger partial charge in [0.15, 0.2) is 5.60 Å². The molecule has 9 nitrogen and oxygen atoms in total. The lowest BCUT2D eigenvalue weighted by Gasteiger charge is -2.35. The molecule has 16 heteroatoms. The van der Waals surface area contributed by atoms with Gasteiger partial charge in [0.1, 0.15) is 29.4 Å². The number of halogens is 7. The van der Waals surface area contributed by atoms with Crippen molar-refractivity contribution in [2.75, 3.05) is 0 Å². The van der Waals surface area contributed by atoms with Gasteiger partial charge >= 0.3 is 18.1 Å². The summed E-state index contributed by atoms with van der Waals surface area (Å²) in [5.41, 5.74) is -6.48. The Balaban J connectivity index is 1.65. The van der Waals surface area contributed by atoms with E-state index in [-0.39, 0.29) is 5.75 Å². The van der Waals surface area contributed by atoms with Gasteiger partial charge in [-0.05, 0) is 34.7 Å². The SMILES string of the molecule is OC(Cn1cnnn1)(c1ccc(F)cc1F)C(F)(F)c1ccc(Oc2ncc(C(F)(F)F)cn2)cn1. The minimum absolute atomic E-state index is 0.230. The van der Waals surface area contributed by atoms with Crippen molar-refractivity contribution in [3.8, 4) is 11.8 Å². The van der Waals surface area contributed by atoms with Gasteiger partial charge < -0.3 is 9.84 Å². The first-order valence-electron chi connectivity index (χ1n) is 9.70. The normalized spacial score (nSPS) is 13.9. The molecule has 0 spiro atoms. The number of rotatable bonds is 7. The number of alkyl halides is 5. The predicted molar refractivity (Wildman–Crippen MR) is 103 cm³/mol.